The fraction of sp³-hybridized carbons (Fsp3) is 1.00. The Morgan fingerprint density at radius 1 is 1.12 bits per heavy atom. The Labute approximate surface area is 103 Å². The normalized spacial score (nSPS) is 29.1. The van der Waals surface area contributed by atoms with Crippen LogP contribution in [0.15, 0.2) is 0 Å². The molecule has 0 amide bonds. The van der Waals surface area contributed by atoms with E-state index < -0.39 is 0 Å². The third kappa shape index (κ3) is 4.45. The summed E-state index contributed by atoms with van der Waals surface area (Å²) >= 11 is 0. The van der Waals surface area contributed by atoms with E-state index in [4.69, 9.17) is 0 Å². The summed E-state index contributed by atoms with van der Waals surface area (Å²) in [5.41, 5.74) is 0. The molecule has 0 aromatic carbocycles. The summed E-state index contributed by atoms with van der Waals surface area (Å²) in [6, 6.07) is 0.753. The Kier molecular flexibility index (Phi) is 6.41. The summed E-state index contributed by atoms with van der Waals surface area (Å²) in [7, 11) is 2.31. The summed E-state index contributed by atoms with van der Waals surface area (Å²) in [4.78, 5) is 2.57. The van der Waals surface area contributed by atoms with Gasteiger partial charge in [0.25, 0.3) is 0 Å². The van der Waals surface area contributed by atoms with Crippen molar-refractivity contribution in [1.82, 2.24) is 4.90 Å². The van der Waals surface area contributed by atoms with Crippen LogP contribution in [0.3, 0.4) is 0 Å². The Hall–Kier alpha value is -0.0400. The highest BCUT2D eigenvalue weighted by atomic mass is 15.1. The lowest BCUT2D eigenvalue weighted by Gasteiger charge is -2.29. The molecule has 0 radical (unpaired) electrons. The number of hydrogen-bond acceptors (Lipinski definition) is 1. The quantitative estimate of drug-likeness (QED) is 0.630. The van der Waals surface area contributed by atoms with E-state index in [0.717, 1.165) is 17.9 Å². The first-order chi connectivity index (χ1) is 7.67. The first-order valence-corrected chi connectivity index (χ1v) is 7.37. The van der Waals surface area contributed by atoms with E-state index >= 15 is 0 Å². The molecular weight excluding hydrogens is 194 g/mol. The van der Waals surface area contributed by atoms with Crippen LogP contribution in [0.5, 0.6) is 0 Å². The van der Waals surface area contributed by atoms with Gasteiger partial charge in [-0.2, -0.15) is 0 Å². The Morgan fingerprint density at radius 3 is 2.31 bits per heavy atom. The molecule has 0 aliphatic heterocycles. The summed E-state index contributed by atoms with van der Waals surface area (Å²) in [6.07, 6.45) is 10.1. The van der Waals surface area contributed by atoms with Crippen LogP contribution in [0.4, 0.5) is 0 Å². The lowest BCUT2D eigenvalue weighted by atomic mass is 9.91. The second-order valence-corrected chi connectivity index (χ2v) is 5.86. The Bertz CT molecular complexity index is 178. The molecule has 0 heterocycles. The van der Waals surface area contributed by atoms with Crippen LogP contribution < -0.4 is 0 Å². The number of rotatable bonds is 5. The van der Waals surface area contributed by atoms with Gasteiger partial charge < -0.3 is 4.90 Å². The standard InChI is InChI=1S/C15H31N/c1-5-13(3)16(4)12-15-10-8-7-9-14(6-2)11-15/h13-15H,5-12H2,1-4H3. The maximum atomic E-state index is 2.57. The van der Waals surface area contributed by atoms with Gasteiger partial charge >= 0.3 is 0 Å². The zero-order valence-corrected chi connectivity index (χ0v) is 11.8. The van der Waals surface area contributed by atoms with Gasteiger partial charge in [-0.1, -0.05) is 39.5 Å². The molecule has 96 valence electrons. The van der Waals surface area contributed by atoms with E-state index in [2.05, 4.69) is 32.7 Å². The van der Waals surface area contributed by atoms with Crippen molar-refractivity contribution in [3.8, 4) is 0 Å². The molecule has 0 N–H and O–H groups in total. The molecule has 1 heteroatoms. The molecule has 0 spiro atoms. The highest BCUT2D eigenvalue weighted by molar-refractivity contribution is 4.74. The van der Waals surface area contributed by atoms with Gasteiger partial charge in [0, 0.05) is 12.6 Å². The average molecular weight is 225 g/mol. The lowest BCUT2D eigenvalue weighted by molar-refractivity contribution is 0.193. The molecule has 1 aliphatic rings. The molecule has 1 rings (SSSR count). The van der Waals surface area contributed by atoms with Crippen LogP contribution in [0.2, 0.25) is 0 Å². The van der Waals surface area contributed by atoms with Crippen molar-refractivity contribution in [2.75, 3.05) is 13.6 Å². The zero-order valence-electron chi connectivity index (χ0n) is 11.8. The van der Waals surface area contributed by atoms with Crippen molar-refractivity contribution >= 4 is 0 Å². The van der Waals surface area contributed by atoms with E-state index in [9.17, 15) is 0 Å². The highest BCUT2D eigenvalue weighted by Gasteiger charge is 2.21. The van der Waals surface area contributed by atoms with E-state index in [0.29, 0.717) is 0 Å². The lowest BCUT2D eigenvalue weighted by Crippen LogP contribution is -2.33. The van der Waals surface area contributed by atoms with Gasteiger partial charge in [-0.05, 0) is 45.1 Å². The third-order valence-corrected chi connectivity index (χ3v) is 4.61. The monoisotopic (exact) mass is 225 g/mol. The van der Waals surface area contributed by atoms with E-state index in [-0.39, 0.29) is 0 Å². The van der Waals surface area contributed by atoms with Crippen LogP contribution in [-0.2, 0) is 0 Å². The maximum Gasteiger partial charge on any atom is 0.00613 e. The van der Waals surface area contributed by atoms with Crippen LogP contribution in [0.1, 0.15) is 65.7 Å². The smallest absolute Gasteiger partial charge is 0.00613 e. The summed E-state index contributed by atoms with van der Waals surface area (Å²) in [6.45, 7) is 8.34. The third-order valence-electron chi connectivity index (χ3n) is 4.61. The molecule has 1 fully saturated rings. The molecule has 16 heavy (non-hydrogen) atoms. The van der Waals surface area contributed by atoms with Crippen molar-refractivity contribution < 1.29 is 0 Å². The second-order valence-electron chi connectivity index (χ2n) is 5.86. The molecule has 0 aromatic rings. The number of nitrogens with zero attached hydrogens (tertiary/aromatic N) is 1. The molecule has 1 aliphatic carbocycles. The molecular formula is C15H31N. The minimum Gasteiger partial charge on any atom is -0.303 e. The summed E-state index contributed by atoms with van der Waals surface area (Å²) < 4.78 is 0. The largest absolute Gasteiger partial charge is 0.303 e. The molecule has 1 saturated carbocycles. The summed E-state index contributed by atoms with van der Waals surface area (Å²) in [5, 5.41) is 0. The summed E-state index contributed by atoms with van der Waals surface area (Å²) in [5.74, 6) is 1.98. The Morgan fingerprint density at radius 2 is 1.75 bits per heavy atom. The first kappa shape index (κ1) is 14.0. The fourth-order valence-corrected chi connectivity index (χ4v) is 3.01. The molecule has 3 atom stereocenters. The first-order valence-electron chi connectivity index (χ1n) is 7.37. The van der Waals surface area contributed by atoms with E-state index in [1.807, 2.05) is 0 Å². The maximum absolute atomic E-state index is 2.57. The van der Waals surface area contributed by atoms with Gasteiger partial charge in [0.05, 0.1) is 0 Å². The average Bonchev–Trinajstić information content (AvgIpc) is 2.53. The zero-order chi connectivity index (χ0) is 12.0. The minimum absolute atomic E-state index is 0.753. The molecule has 3 unspecified atom stereocenters. The molecule has 0 aromatic heterocycles. The fourth-order valence-electron chi connectivity index (χ4n) is 3.01. The topological polar surface area (TPSA) is 3.24 Å². The Balaban J connectivity index is 2.39. The predicted molar refractivity (Wildman–Crippen MR) is 72.7 cm³/mol. The van der Waals surface area contributed by atoms with Crippen LogP contribution in [-0.4, -0.2) is 24.5 Å². The van der Waals surface area contributed by atoms with Crippen molar-refractivity contribution in [3.63, 3.8) is 0 Å². The second kappa shape index (κ2) is 7.32. The molecule has 0 bridgehead atoms. The van der Waals surface area contributed by atoms with Crippen molar-refractivity contribution in [2.45, 2.75) is 71.8 Å². The predicted octanol–water partition coefficient (Wildman–Crippen LogP) is 4.32. The SMILES string of the molecule is CCC1CCCCC(CN(C)C(C)CC)C1. The van der Waals surface area contributed by atoms with Gasteiger partial charge in [0.2, 0.25) is 0 Å². The minimum atomic E-state index is 0.753. The van der Waals surface area contributed by atoms with Crippen molar-refractivity contribution in [1.29, 1.82) is 0 Å². The van der Waals surface area contributed by atoms with Crippen molar-refractivity contribution in [3.05, 3.63) is 0 Å². The van der Waals surface area contributed by atoms with Crippen molar-refractivity contribution in [2.24, 2.45) is 11.8 Å². The van der Waals surface area contributed by atoms with E-state index in [1.54, 1.807) is 0 Å². The molecule has 1 nitrogen and oxygen atoms in total. The van der Waals surface area contributed by atoms with E-state index in [1.165, 1.54) is 51.5 Å². The van der Waals surface area contributed by atoms with Gasteiger partial charge in [-0.15, -0.1) is 0 Å². The van der Waals surface area contributed by atoms with Crippen LogP contribution in [0.25, 0.3) is 0 Å². The highest BCUT2D eigenvalue weighted by Crippen LogP contribution is 2.30. The van der Waals surface area contributed by atoms with Crippen LogP contribution >= 0.6 is 0 Å². The van der Waals surface area contributed by atoms with Gasteiger partial charge in [0.1, 0.15) is 0 Å². The molecule has 0 saturated heterocycles. The van der Waals surface area contributed by atoms with Crippen LogP contribution in [0, 0.1) is 11.8 Å². The van der Waals surface area contributed by atoms with Gasteiger partial charge in [0.15, 0.2) is 0 Å². The number of hydrogen-bond donors (Lipinski definition) is 0. The van der Waals surface area contributed by atoms with Gasteiger partial charge in [-0.25, -0.2) is 0 Å². The van der Waals surface area contributed by atoms with Gasteiger partial charge in [-0.3, -0.25) is 0 Å².